The lowest BCUT2D eigenvalue weighted by Gasteiger charge is -2.07. The lowest BCUT2D eigenvalue weighted by atomic mass is 10.2. The summed E-state index contributed by atoms with van der Waals surface area (Å²) in [5, 5.41) is 0. The van der Waals surface area contributed by atoms with E-state index in [4.69, 9.17) is 11.5 Å². The molecule has 0 spiro atoms. The predicted molar refractivity (Wildman–Crippen MR) is 70.9 cm³/mol. The topological polar surface area (TPSA) is 97.8 Å². The first-order chi connectivity index (χ1) is 8.13. The third kappa shape index (κ3) is 2.12. The van der Waals surface area contributed by atoms with Crippen molar-refractivity contribution in [3.05, 3.63) is 34.6 Å². The summed E-state index contributed by atoms with van der Waals surface area (Å²) in [6, 6.07) is 7.63. The number of aromatic amines is 1. The zero-order valence-corrected chi connectivity index (χ0v) is 10.0. The lowest BCUT2D eigenvalue weighted by Crippen LogP contribution is -2.17. The number of H-pyrrole nitrogens is 1. The summed E-state index contributed by atoms with van der Waals surface area (Å²) in [5.74, 6) is 0.492. The number of anilines is 2. The van der Waals surface area contributed by atoms with E-state index in [0.717, 1.165) is 10.5 Å². The zero-order chi connectivity index (χ0) is 12.4. The van der Waals surface area contributed by atoms with Crippen molar-refractivity contribution in [3.63, 3.8) is 0 Å². The van der Waals surface area contributed by atoms with E-state index in [1.54, 1.807) is 11.8 Å². The highest BCUT2D eigenvalue weighted by Gasteiger charge is 2.09. The fourth-order valence-electron chi connectivity index (χ4n) is 1.47. The Morgan fingerprint density at radius 1 is 1.29 bits per heavy atom. The van der Waals surface area contributed by atoms with Gasteiger partial charge in [0.25, 0.3) is 5.56 Å². The number of nitrogens with two attached hydrogens (primary N) is 2. The Kier molecular flexibility index (Phi) is 3.06. The van der Waals surface area contributed by atoms with Crippen molar-refractivity contribution >= 4 is 23.3 Å². The van der Waals surface area contributed by atoms with Crippen LogP contribution in [0.2, 0.25) is 0 Å². The minimum atomic E-state index is -0.414. The van der Waals surface area contributed by atoms with Gasteiger partial charge in [-0.3, -0.25) is 4.79 Å². The first kappa shape index (κ1) is 11.5. The minimum Gasteiger partial charge on any atom is -0.391 e. The Morgan fingerprint density at radius 3 is 2.65 bits per heavy atom. The van der Waals surface area contributed by atoms with Gasteiger partial charge in [0.05, 0.1) is 0 Å². The van der Waals surface area contributed by atoms with E-state index in [9.17, 15) is 4.79 Å². The van der Waals surface area contributed by atoms with Crippen molar-refractivity contribution in [2.45, 2.75) is 4.90 Å². The number of hydrogen-bond acceptors (Lipinski definition) is 5. The molecule has 0 bridgehead atoms. The number of rotatable bonds is 2. The molecule has 1 aromatic heterocycles. The molecule has 2 rings (SSSR count). The summed E-state index contributed by atoms with van der Waals surface area (Å²) in [6.07, 6.45) is 1.96. The van der Waals surface area contributed by atoms with E-state index in [-0.39, 0.29) is 11.5 Å². The SMILES string of the molecule is CSc1ccccc1-c1nc(N)c(N)c(=O)[nH]1. The second-order valence-electron chi connectivity index (χ2n) is 3.41. The molecule has 0 aliphatic rings. The average molecular weight is 248 g/mol. The molecule has 2 aromatic rings. The Balaban J connectivity index is 2.65. The van der Waals surface area contributed by atoms with Crippen molar-refractivity contribution < 1.29 is 0 Å². The van der Waals surface area contributed by atoms with Gasteiger partial charge in [-0.25, -0.2) is 4.98 Å². The van der Waals surface area contributed by atoms with E-state index in [2.05, 4.69) is 9.97 Å². The Morgan fingerprint density at radius 2 is 2.00 bits per heavy atom. The molecule has 0 radical (unpaired) electrons. The number of thioether (sulfide) groups is 1. The monoisotopic (exact) mass is 248 g/mol. The van der Waals surface area contributed by atoms with Crippen LogP contribution in [-0.2, 0) is 0 Å². The van der Waals surface area contributed by atoms with Gasteiger partial charge < -0.3 is 16.5 Å². The van der Waals surface area contributed by atoms with Gasteiger partial charge in [-0.05, 0) is 12.3 Å². The quantitative estimate of drug-likeness (QED) is 0.696. The van der Waals surface area contributed by atoms with Gasteiger partial charge in [-0.15, -0.1) is 11.8 Å². The van der Waals surface area contributed by atoms with Gasteiger partial charge in [0.15, 0.2) is 5.82 Å². The van der Waals surface area contributed by atoms with Crippen LogP contribution in [0.25, 0.3) is 11.4 Å². The van der Waals surface area contributed by atoms with Crippen LogP contribution in [0.15, 0.2) is 34.0 Å². The van der Waals surface area contributed by atoms with Gasteiger partial charge >= 0.3 is 0 Å². The number of nitrogens with one attached hydrogen (secondary N) is 1. The van der Waals surface area contributed by atoms with Gasteiger partial charge in [0, 0.05) is 10.5 Å². The highest BCUT2D eigenvalue weighted by Crippen LogP contribution is 2.27. The molecular weight excluding hydrogens is 236 g/mol. The number of benzene rings is 1. The first-order valence-corrected chi connectivity index (χ1v) is 6.14. The van der Waals surface area contributed by atoms with E-state index in [1.807, 2.05) is 30.5 Å². The molecule has 0 atom stereocenters. The van der Waals surface area contributed by atoms with Crippen LogP contribution < -0.4 is 17.0 Å². The molecule has 0 aliphatic carbocycles. The Labute approximate surface area is 102 Å². The van der Waals surface area contributed by atoms with Crippen LogP contribution in [0.4, 0.5) is 11.5 Å². The van der Waals surface area contributed by atoms with Crippen molar-refractivity contribution in [1.29, 1.82) is 0 Å². The van der Waals surface area contributed by atoms with Crippen LogP contribution in [0.3, 0.4) is 0 Å². The van der Waals surface area contributed by atoms with Crippen LogP contribution in [0.5, 0.6) is 0 Å². The van der Waals surface area contributed by atoms with E-state index < -0.39 is 5.56 Å². The van der Waals surface area contributed by atoms with Crippen molar-refractivity contribution in [1.82, 2.24) is 9.97 Å². The van der Waals surface area contributed by atoms with Crippen LogP contribution in [0, 0.1) is 0 Å². The molecule has 1 aromatic carbocycles. The van der Waals surface area contributed by atoms with Gasteiger partial charge in [0.1, 0.15) is 11.5 Å². The molecular formula is C11H12N4OS. The molecule has 88 valence electrons. The molecule has 0 fully saturated rings. The van der Waals surface area contributed by atoms with E-state index >= 15 is 0 Å². The molecule has 0 amide bonds. The maximum absolute atomic E-state index is 11.5. The Bertz CT molecular complexity index is 609. The smallest absolute Gasteiger partial charge is 0.276 e. The molecule has 5 nitrogen and oxygen atoms in total. The van der Waals surface area contributed by atoms with Gasteiger partial charge in [-0.2, -0.15) is 0 Å². The van der Waals surface area contributed by atoms with Crippen molar-refractivity contribution in [3.8, 4) is 11.4 Å². The molecule has 0 saturated carbocycles. The third-order valence-electron chi connectivity index (χ3n) is 2.35. The number of hydrogen-bond donors (Lipinski definition) is 3. The second kappa shape index (κ2) is 4.50. The highest BCUT2D eigenvalue weighted by atomic mass is 32.2. The molecule has 5 N–H and O–H groups in total. The van der Waals surface area contributed by atoms with E-state index in [1.165, 1.54) is 0 Å². The molecule has 0 unspecified atom stereocenters. The average Bonchev–Trinajstić information content (AvgIpc) is 2.35. The zero-order valence-electron chi connectivity index (χ0n) is 9.23. The normalized spacial score (nSPS) is 10.4. The summed E-state index contributed by atoms with van der Waals surface area (Å²) in [5.41, 5.74) is 11.4. The molecule has 17 heavy (non-hydrogen) atoms. The fourth-order valence-corrected chi connectivity index (χ4v) is 2.07. The second-order valence-corrected chi connectivity index (χ2v) is 4.26. The van der Waals surface area contributed by atoms with Crippen LogP contribution in [0.1, 0.15) is 0 Å². The third-order valence-corrected chi connectivity index (χ3v) is 3.14. The van der Waals surface area contributed by atoms with Crippen molar-refractivity contribution in [2.24, 2.45) is 0 Å². The van der Waals surface area contributed by atoms with Gasteiger partial charge in [-0.1, -0.05) is 18.2 Å². The number of aromatic nitrogens is 2. The summed E-state index contributed by atoms with van der Waals surface area (Å²) in [4.78, 5) is 19.3. The summed E-state index contributed by atoms with van der Waals surface area (Å²) >= 11 is 1.57. The standard InChI is InChI=1S/C11H12N4OS/c1-17-7-5-3-2-4-6(7)10-14-9(13)8(12)11(16)15-10/h2-5H,12H2,1H3,(H3,13,14,15,16). The fraction of sp³-hybridized carbons (Fsp3) is 0.0909. The van der Waals surface area contributed by atoms with Crippen molar-refractivity contribution in [2.75, 3.05) is 17.7 Å². The first-order valence-electron chi connectivity index (χ1n) is 4.92. The number of nitrogens with zero attached hydrogens (tertiary/aromatic N) is 1. The largest absolute Gasteiger partial charge is 0.391 e. The summed E-state index contributed by atoms with van der Waals surface area (Å²) in [6.45, 7) is 0. The van der Waals surface area contributed by atoms with E-state index in [0.29, 0.717) is 5.82 Å². The Hall–Kier alpha value is -1.95. The molecule has 0 saturated heterocycles. The van der Waals surface area contributed by atoms with Gasteiger partial charge in [0.2, 0.25) is 0 Å². The lowest BCUT2D eigenvalue weighted by molar-refractivity contribution is 1.13. The molecule has 1 heterocycles. The summed E-state index contributed by atoms with van der Waals surface area (Å²) < 4.78 is 0. The highest BCUT2D eigenvalue weighted by molar-refractivity contribution is 7.98. The van der Waals surface area contributed by atoms with Crippen LogP contribution >= 0.6 is 11.8 Å². The minimum absolute atomic E-state index is 0.0459. The maximum atomic E-state index is 11.5. The summed E-state index contributed by atoms with van der Waals surface area (Å²) in [7, 11) is 0. The molecule has 0 aliphatic heterocycles. The number of nitrogen functional groups attached to an aromatic ring is 2. The predicted octanol–water partition coefficient (Wildman–Crippen LogP) is 1.32. The van der Waals surface area contributed by atoms with Crippen LogP contribution in [-0.4, -0.2) is 16.2 Å². The molecule has 6 heteroatoms. The maximum Gasteiger partial charge on any atom is 0.276 e.